The van der Waals surface area contributed by atoms with Crippen LogP contribution in [0, 0.1) is 0 Å². The number of imidazole rings is 1. The maximum absolute atomic E-state index is 13.0. The van der Waals surface area contributed by atoms with E-state index in [-0.39, 0.29) is 18.5 Å². The second-order valence-electron chi connectivity index (χ2n) is 6.84. The van der Waals surface area contributed by atoms with Gasteiger partial charge in [-0.3, -0.25) is 4.79 Å². The predicted molar refractivity (Wildman–Crippen MR) is 105 cm³/mol. The fourth-order valence-electron chi connectivity index (χ4n) is 3.51. The number of carbonyl (C=O) groups is 1. The van der Waals surface area contributed by atoms with Crippen LogP contribution in [0.15, 0.2) is 54.6 Å². The molecule has 0 bridgehead atoms. The normalized spacial score (nSPS) is 17.2. The fourth-order valence-corrected chi connectivity index (χ4v) is 3.51. The molecule has 6 heteroatoms. The first kappa shape index (κ1) is 17.5. The van der Waals surface area contributed by atoms with E-state index in [0.29, 0.717) is 6.61 Å². The monoisotopic (exact) mass is 364 g/mol. The number of hydrogen-bond acceptors (Lipinski definition) is 4. The van der Waals surface area contributed by atoms with Crippen LogP contribution in [0.4, 0.5) is 0 Å². The van der Waals surface area contributed by atoms with Gasteiger partial charge in [-0.15, -0.1) is 0 Å². The molecule has 140 valence electrons. The van der Waals surface area contributed by atoms with Crippen molar-refractivity contribution < 1.29 is 9.53 Å². The first-order chi connectivity index (χ1) is 13.2. The van der Waals surface area contributed by atoms with E-state index in [1.807, 2.05) is 64.1 Å². The number of ether oxygens (including phenoxy) is 1. The Morgan fingerprint density at radius 2 is 1.96 bits per heavy atom. The van der Waals surface area contributed by atoms with E-state index in [1.54, 1.807) is 0 Å². The van der Waals surface area contributed by atoms with Crippen LogP contribution in [0.1, 0.15) is 12.7 Å². The molecule has 0 spiro atoms. The molecule has 1 atom stereocenters. The number of aromatic nitrogens is 2. The van der Waals surface area contributed by atoms with Crippen LogP contribution in [0.2, 0.25) is 0 Å². The number of amides is 1. The highest BCUT2D eigenvalue weighted by Crippen LogP contribution is 2.19. The molecule has 2 aromatic carbocycles. The summed E-state index contributed by atoms with van der Waals surface area (Å²) in [7, 11) is 0. The van der Waals surface area contributed by atoms with Crippen LogP contribution in [-0.4, -0.2) is 46.0 Å². The summed E-state index contributed by atoms with van der Waals surface area (Å²) < 4.78 is 7.87. The summed E-state index contributed by atoms with van der Waals surface area (Å²) in [5, 5.41) is 3.32. The van der Waals surface area contributed by atoms with Crippen LogP contribution in [-0.2, 0) is 17.9 Å². The number of para-hydroxylation sites is 3. The zero-order chi connectivity index (χ0) is 18.6. The third-order valence-corrected chi connectivity index (χ3v) is 4.96. The molecular formula is C21H24N4O2. The van der Waals surface area contributed by atoms with Crippen molar-refractivity contribution in [1.82, 2.24) is 19.8 Å². The molecule has 1 saturated heterocycles. The van der Waals surface area contributed by atoms with Crippen LogP contribution in [0.3, 0.4) is 0 Å². The van der Waals surface area contributed by atoms with Crippen LogP contribution in [0.5, 0.6) is 5.75 Å². The van der Waals surface area contributed by atoms with E-state index in [9.17, 15) is 4.79 Å². The standard InChI is InChI=1S/C21H24N4O2/c1-16-13-22-11-12-24(16)21(26)14-25-19-10-6-5-9-18(19)23-20(25)15-27-17-7-3-2-4-8-17/h2-10,16,22H,11-15H2,1H3/t16-/m0/s1. The number of piperazine rings is 1. The van der Waals surface area contributed by atoms with Crippen molar-refractivity contribution in [2.24, 2.45) is 0 Å². The molecule has 0 saturated carbocycles. The van der Waals surface area contributed by atoms with Gasteiger partial charge in [0, 0.05) is 25.7 Å². The van der Waals surface area contributed by atoms with Gasteiger partial charge in [-0.1, -0.05) is 30.3 Å². The maximum Gasteiger partial charge on any atom is 0.242 e. The number of rotatable bonds is 5. The van der Waals surface area contributed by atoms with Gasteiger partial charge in [0.05, 0.1) is 11.0 Å². The van der Waals surface area contributed by atoms with Gasteiger partial charge >= 0.3 is 0 Å². The average Bonchev–Trinajstić information content (AvgIpc) is 3.05. The first-order valence-electron chi connectivity index (χ1n) is 9.34. The number of carbonyl (C=O) groups excluding carboxylic acids is 1. The van der Waals surface area contributed by atoms with Crippen LogP contribution >= 0.6 is 0 Å². The van der Waals surface area contributed by atoms with E-state index >= 15 is 0 Å². The molecule has 4 rings (SSSR count). The van der Waals surface area contributed by atoms with Crippen molar-refractivity contribution in [3.05, 3.63) is 60.4 Å². The number of hydrogen-bond donors (Lipinski definition) is 1. The molecule has 0 aliphatic carbocycles. The van der Waals surface area contributed by atoms with Crippen LogP contribution in [0.25, 0.3) is 11.0 Å². The SMILES string of the molecule is C[C@H]1CNCCN1C(=O)Cn1c(COc2ccccc2)nc2ccccc21. The molecule has 27 heavy (non-hydrogen) atoms. The molecule has 1 fully saturated rings. The topological polar surface area (TPSA) is 59.4 Å². The highest BCUT2D eigenvalue weighted by molar-refractivity contribution is 5.81. The summed E-state index contributed by atoms with van der Waals surface area (Å²) in [4.78, 5) is 19.6. The molecule has 0 unspecified atom stereocenters. The van der Waals surface area contributed by atoms with E-state index in [2.05, 4.69) is 12.2 Å². The molecule has 1 aliphatic rings. The Balaban J connectivity index is 1.59. The largest absolute Gasteiger partial charge is 0.486 e. The fraction of sp³-hybridized carbons (Fsp3) is 0.333. The minimum absolute atomic E-state index is 0.119. The lowest BCUT2D eigenvalue weighted by Crippen LogP contribution is -2.53. The Labute approximate surface area is 158 Å². The van der Waals surface area contributed by atoms with Gasteiger partial charge in [-0.25, -0.2) is 4.98 Å². The molecule has 1 aromatic heterocycles. The van der Waals surface area contributed by atoms with Gasteiger partial charge in [0.2, 0.25) is 5.91 Å². The minimum Gasteiger partial charge on any atom is -0.486 e. The van der Waals surface area contributed by atoms with Gasteiger partial charge < -0.3 is 19.5 Å². The number of benzene rings is 2. The minimum atomic E-state index is 0.119. The lowest BCUT2D eigenvalue weighted by Gasteiger charge is -2.34. The Morgan fingerprint density at radius 1 is 1.19 bits per heavy atom. The van der Waals surface area contributed by atoms with Crippen molar-refractivity contribution >= 4 is 16.9 Å². The van der Waals surface area contributed by atoms with Crippen molar-refractivity contribution in [3.63, 3.8) is 0 Å². The first-order valence-corrected chi connectivity index (χ1v) is 9.34. The summed E-state index contributed by atoms with van der Waals surface area (Å²) in [5.41, 5.74) is 1.84. The second kappa shape index (κ2) is 7.80. The molecule has 6 nitrogen and oxygen atoms in total. The smallest absolute Gasteiger partial charge is 0.242 e. The third kappa shape index (κ3) is 3.80. The molecule has 1 amide bonds. The van der Waals surface area contributed by atoms with Crippen molar-refractivity contribution in [3.8, 4) is 5.75 Å². The van der Waals surface area contributed by atoms with Gasteiger partial charge in [-0.2, -0.15) is 0 Å². The Hall–Kier alpha value is -2.86. The Kier molecular flexibility index (Phi) is 5.07. The lowest BCUT2D eigenvalue weighted by molar-refractivity contribution is -0.134. The molecule has 1 N–H and O–H groups in total. The van der Waals surface area contributed by atoms with E-state index in [0.717, 1.165) is 42.2 Å². The maximum atomic E-state index is 13.0. The summed E-state index contributed by atoms with van der Waals surface area (Å²) >= 11 is 0. The molecule has 0 radical (unpaired) electrons. The molecule has 2 heterocycles. The van der Waals surface area contributed by atoms with Crippen LogP contribution < -0.4 is 10.1 Å². The van der Waals surface area contributed by atoms with Gasteiger partial charge in [0.1, 0.15) is 24.7 Å². The number of fused-ring (bicyclic) bond motifs is 1. The highest BCUT2D eigenvalue weighted by atomic mass is 16.5. The molecular weight excluding hydrogens is 340 g/mol. The number of nitrogens with one attached hydrogen (secondary N) is 1. The van der Waals surface area contributed by atoms with Crippen molar-refractivity contribution in [1.29, 1.82) is 0 Å². The average molecular weight is 364 g/mol. The highest BCUT2D eigenvalue weighted by Gasteiger charge is 2.24. The van der Waals surface area contributed by atoms with Gasteiger partial charge in [-0.05, 0) is 31.2 Å². The van der Waals surface area contributed by atoms with E-state index in [1.165, 1.54) is 0 Å². The van der Waals surface area contributed by atoms with Crippen molar-refractivity contribution in [2.75, 3.05) is 19.6 Å². The van der Waals surface area contributed by atoms with Crippen molar-refractivity contribution in [2.45, 2.75) is 26.1 Å². The molecule has 1 aliphatic heterocycles. The Morgan fingerprint density at radius 3 is 2.78 bits per heavy atom. The third-order valence-electron chi connectivity index (χ3n) is 4.96. The second-order valence-corrected chi connectivity index (χ2v) is 6.84. The summed E-state index contributed by atoms with van der Waals surface area (Å²) in [5.74, 6) is 1.67. The summed E-state index contributed by atoms with van der Waals surface area (Å²) in [6, 6.07) is 17.8. The van der Waals surface area contributed by atoms with E-state index in [4.69, 9.17) is 9.72 Å². The lowest BCUT2D eigenvalue weighted by atomic mass is 10.2. The summed E-state index contributed by atoms with van der Waals surface area (Å²) in [6.07, 6.45) is 0. The van der Waals surface area contributed by atoms with Gasteiger partial charge in [0.15, 0.2) is 0 Å². The number of nitrogens with zero attached hydrogens (tertiary/aromatic N) is 3. The predicted octanol–water partition coefficient (Wildman–Crippen LogP) is 2.44. The zero-order valence-electron chi connectivity index (χ0n) is 15.5. The molecule has 3 aromatic rings. The Bertz CT molecular complexity index is 922. The van der Waals surface area contributed by atoms with E-state index < -0.39 is 0 Å². The summed E-state index contributed by atoms with van der Waals surface area (Å²) in [6.45, 7) is 5.09. The van der Waals surface area contributed by atoms with Gasteiger partial charge in [0.25, 0.3) is 0 Å². The quantitative estimate of drug-likeness (QED) is 0.755. The zero-order valence-corrected chi connectivity index (χ0v) is 15.5.